The van der Waals surface area contributed by atoms with E-state index >= 15 is 0 Å². The summed E-state index contributed by atoms with van der Waals surface area (Å²) in [7, 11) is 0. The maximum Gasteiger partial charge on any atom is 0.220 e. The van der Waals surface area contributed by atoms with Crippen molar-refractivity contribution in [2.24, 2.45) is 0 Å². The largest absolute Gasteiger partial charge is 0.394 e. The molecule has 1 fully saturated rings. The van der Waals surface area contributed by atoms with Crippen LogP contribution in [0.5, 0.6) is 0 Å². The van der Waals surface area contributed by atoms with Crippen LogP contribution in [0.4, 0.5) is 0 Å². The summed E-state index contributed by atoms with van der Waals surface area (Å²) in [5.74, 6) is -0.185. The molecule has 9 heteroatoms. The summed E-state index contributed by atoms with van der Waals surface area (Å²) in [5.41, 5.74) is 0. The van der Waals surface area contributed by atoms with Crippen molar-refractivity contribution in [3.63, 3.8) is 0 Å². The van der Waals surface area contributed by atoms with Gasteiger partial charge in [0.2, 0.25) is 5.91 Å². The zero-order chi connectivity index (χ0) is 41.6. The molecule has 0 saturated carbocycles. The molecule has 7 atom stereocenters. The lowest BCUT2D eigenvalue weighted by atomic mass is 9.99. The topological polar surface area (TPSA) is 149 Å². The third kappa shape index (κ3) is 29.1. The van der Waals surface area contributed by atoms with E-state index in [-0.39, 0.29) is 12.5 Å². The number of hydrogen-bond donors (Lipinski definition) is 6. The van der Waals surface area contributed by atoms with Crippen LogP contribution in [0.15, 0.2) is 48.6 Å². The van der Waals surface area contributed by atoms with Crippen LogP contribution < -0.4 is 5.32 Å². The van der Waals surface area contributed by atoms with E-state index in [4.69, 9.17) is 9.47 Å². The van der Waals surface area contributed by atoms with Gasteiger partial charge >= 0.3 is 0 Å². The Bertz CT molecular complexity index is 1030. The first kappa shape index (κ1) is 53.2. The molecule has 0 bridgehead atoms. The van der Waals surface area contributed by atoms with Gasteiger partial charge in [-0.25, -0.2) is 0 Å². The summed E-state index contributed by atoms with van der Waals surface area (Å²) in [4.78, 5) is 12.9. The van der Waals surface area contributed by atoms with Gasteiger partial charge < -0.3 is 40.3 Å². The highest BCUT2D eigenvalue weighted by atomic mass is 16.7. The molecule has 1 saturated heterocycles. The highest BCUT2D eigenvalue weighted by Gasteiger charge is 2.44. The predicted octanol–water partition coefficient (Wildman–Crippen LogP) is 9.84. The average Bonchev–Trinajstić information content (AvgIpc) is 3.21. The van der Waals surface area contributed by atoms with Gasteiger partial charge in [0.25, 0.3) is 0 Å². The van der Waals surface area contributed by atoms with Crippen molar-refractivity contribution in [2.45, 2.75) is 236 Å². The van der Waals surface area contributed by atoms with Crippen molar-refractivity contribution < 1.29 is 39.8 Å². The molecule has 0 radical (unpaired) electrons. The predicted molar refractivity (Wildman–Crippen MR) is 235 cm³/mol. The fourth-order valence-corrected chi connectivity index (χ4v) is 7.10. The van der Waals surface area contributed by atoms with Gasteiger partial charge in [-0.15, -0.1) is 0 Å². The summed E-state index contributed by atoms with van der Waals surface area (Å²) in [6.07, 6.45) is 41.9. The van der Waals surface area contributed by atoms with Gasteiger partial charge in [0.15, 0.2) is 6.29 Å². The number of carbonyl (C=O) groups excluding carboxylic acids is 1. The molecular weight excluding hydrogens is 719 g/mol. The van der Waals surface area contributed by atoms with Crippen molar-refractivity contribution in [3.05, 3.63) is 48.6 Å². The monoisotopic (exact) mass is 806 g/mol. The standard InChI is InChI=1S/C48H87NO8/c1-3-5-7-9-11-12-13-14-15-16-17-18-19-20-21-22-23-24-25-26-27-28-29-30-32-34-36-38-44(52)49-41(42(51)37-35-33-31-10-8-6-4-2)40-56-48-47(55)46(54)45(53)43(39-50)57-48/h13-14,16-17,19-20,35,37,41-43,45-48,50-51,53-55H,3-12,15,18,21-34,36,38-40H2,1-2H3,(H,49,52)/b14-13-,17-16-,20-19-,37-35+. The van der Waals surface area contributed by atoms with Gasteiger partial charge in [-0.3, -0.25) is 4.79 Å². The molecule has 0 aromatic carbocycles. The number of carbonyl (C=O) groups is 1. The van der Waals surface area contributed by atoms with E-state index in [0.717, 1.165) is 51.4 Å². The molecular formula is C48H87NO8. The van der Waals surface area contributed by atoms with Crippen molar-refractivity contribution in [1.82, 2.24) is 5.32 Å². The second-order valence-corrected chi connectivity index (χ2v) is 16.2. The Kier molecular flexibility index (Phi) is 35.8. The molecule has 1 amide bonds. The fourth-order valence-electron chi connectivity index (χ4n) is 7.10. The minimum atomic E-state index is -1.56. The third-order valence-corrected chi connectivity index (χ3v) is 10.9. The fraction of sp³-hybridized carbons (Fsp3) is 0.812. The summed E-state index contributed by atoms with van der Waals surface area (Å²) in [6, 6.07) is -0.803. The Hall–Kier alpha value is -1.85. The van der Waals surface area contributed by atoms with Crippen LogP contribution in [-0.4, -0.2) is 87.5 Å². The molecule has 1 rings (SSSR count). The number of nitrogens with one attached hydrogen (secondary N) is 1. The minimum Gasteiger partial charge on any atom is -0.394 e. The number of ether oxygens (including phenoxy) is 2. The molecule has 6 N–H and O–H groups in total. The summed E-state index contributed by atoms with van der Waals surface area (Å²) < 4.78 is 11.1. The van der Waals surface area contributed by atoms with Gasteiger partial charge in [-0.1, -0.05) is 178 Å². The average molecular weight is 806 g/mol. The number of unbranched alkanes of at least 4 members (excludes halogenated alkanes) is 22. The number of rotatable bonds is 38. The van der Waals surface area contributed by atoms with Gasteiger partial charge in [0.1, 0.15) is 24.4 Å². The minimum absolute atomic E-state index is 0.185. The highest BCUT2D eigenvalue weighted by molar-refractivity contribution is 5.76. The number of aliphatic hydroxyl groups is 5. The summed E-state index contributed by atoms with van der Waals surface area (Å²) in [6.45, 7) is 3.69. The second kappa shape index (κ2) is 38.4. The molecule has 1 aliphatic rings. The molecule has 57 heavy (non-hydrogen) atoms. The van der Waals surface area contributed by atoms with E-state index in [1.54, 1.807) is 6.08 Å². The molecule has 0 aliphatic carbocycles. The van der Waals surface area contributed by atoms with Crippen LogP contribution in [0.1, 0.15) is 194 Å². The number of allylic oxidation sites excluding steroid dienone is 7. The van der Waals surface area contributed by atoms with E-state index in [0.29, 0.717) is 6.42 Å². The lowest BCUT2D eigenvalue weighted by molar-refractivity contribution is -0.302. The molecule has 332 valence electrons. The number of amides is 1. The van der Waals surface area contributed by atoms with Gasteiger partial charge in [-0.05, 0) is 57.8 Å². The van der Waals surface area contributed by atoms with Gasteiger partial charge in [-0.2, -0.15) is 0 Å². The third-order valence-electron chi connectivity index (χ3n) is 10.9. The molecule has 1 aliphatic heterocycles. The Balaban J connectivity index is 2.17. The van der Waals surface area contributed by atoms with Gasteiger partial charge in [0, 0.05) is 6.42 Å². The Morgan fingerprint density at radius 3 is 1.53 bits per heavy atom. The number of aliphatic hydroxyl groups excluding tert-OH is 5. The Morgan fingerprint density at radius 1 is 0.596 bits per heavy atom. The van der Waals surface area contributed by atoms with Crippen LogP contribution in [0, 0.1) is 0 Å². The van der Waals surface area contributed by atoms with Crippen molar-refractivity contribution >= 4 is 5.91 Å². The van der Waals surface area contributed by atoms with Crippen LogP contribution in [0.25, 0.3) is 0 Å². The first-order chi connectivity index (χ1) is 27.8. The molecule has 7 unspecified atom stereocenters. The lowest BCUT2D eigenvalue weighted by Crippen LogP contribution is -2.60. The molecule has 1 heterocycles. The van der Waals surface area contributed by atoms with Crippen LogP contribution in [-0.2, 0) is 14.3 Å². The van der Waals surface area contributed by atoms with Crippen LogP contribution in [0.3, 0.4) is 0 Å². The SMILES string of the molecule is CCCCCCC/C=C\C/C=C\C/C=C\CCCCCCCCCCCCCCC(=O)NC(COC1OC(CO)C(O)C(O)C1O)C(O)/C=C/CCCCCCC. The molecule has 0 spiro atoms. The smallest absolute Gasteiger partial charge is 0.220 e. The van der Waals surface area contributed by atoms with E-state index in [9.17, 15) is 30.3 Å². The number of hydrogen-bond acceptors (Lipinski definition) is 8. The zero-order valence-corrected chi connectivity index (χ0v) is 36.3. The van der Waals surface area contributed by atoms with Crippen molar-refractivity contribution in [2.75, 3.05) is 13.2 Å². The highest BCUT2D eigenvalue weighted by Crippen LogP contribution is 2.22. The lowest BCUT2D eigenvalue weighted by Gasteiger charge is -2.40. The first-order valence-electron chi connectivity index (χ1n) is 23.4. The second-order valence-electron chi connectivity index (χ2n) is 16.2. The summed E-state index contributed by atoms with van der Waals surface area (Å²) >= 11 is 0. The van der Waals surface area contributed by atoms with Gasteiger partial charge in [0.05, 0.1) is 25.4 Å². The normalized spacial score (nSPS) is 21.4. The first-order valence-corrected chi connectivity index (χ1v) is 23.4. The van der Waals surface area contributed by atoms with E-state index < -0.39 is 49.5 Å². The molecule has 9 nitrogen and oxygen atoms in total. The maximum absolute atomic E-state index is 12.9. The van der Waals surface area contributed by atoms with Crippen molar-refractivity contribution in [3.8, 4) is 0 Å². The maximum atomic E-state index is 12.9. The van der Waals surface area contributed by atoms with E-state index in [1.807, 2.05) is 6.08 Å². The molecule has 0 aromatic heterocycles. The van der Waals surface area contributed by atoms with Crippen LogP contribution in [0.2, 0.25) is 0 Å². The quantitative estimate of drug-likeness (QED) is 0.0267. The summed E-state index contributed by atoms with van der Waals surface area (Å²) in [5, 5.41) is 53.9. The Labute approximate surface area is 348 Å². The van der Waals surface area contributed by atoms with E-state index in [2.05, 4.69) is 55.6 Å². The van der Waals surface area contributed by atoms with E-state index in [1.165, 1.54) is 122 Å². The van der Waals surface area contributed by atoms with Crippen LogP contribution >= 0.6 is 0 Å². The zero-order valence-electron chi connectivity index (χ0n) is 36.3. The Morgan fingerprint density at radius 2 is 1.04 bits per heavy atom. The van der Waals surface area contributed by atoms with Crippen molar-refractivity contribution in [1.29, 1.82) is 0 Å². The molecule has 0 aromatic rings.